The number of nitrogens with two attached hydrogens (primary N) is 1. The summed E-state index contributed by atoms with van der Waals surface area (Å²) in [6.07, 6.45) is 5.40. The number of likely N-dealkylation sites (tertiary alicyclic amines) is 1. The van der Waals surface area contributed by atoms with Crippen molar-refractivity contribution in [3.05, 3.63) is 29.6 Å². The van der Waals surface area contributed by atoms with Crippen LogP contribution < -0.4 is 5.73 Å². The third-order valence-electron chi connectivity index (χ3n) is 3.63. The van der Waals surface area contributed by atoms with Gasteiger partial charge in [-0.05, 0) is 37.3 Å². The van der Waals surface area contributed by atoms with Crippen LogP contribution in [0.25, 0.3) is 0 Å². The number of piperidine rings is 1. The van der Waals surface area contributed by atoms with Crippen LogP contribution in [0.3, 0.4) is 0 Å². The molecule has 1 amide bonds. The first-order valence-corrected chi connectivity index (χ1v) is 6.83. The Labute approximate surface area is 113 Å². The van der Waals surface area contributed by atoms with E-state index in [4.69, 9.17) is 10.8 Å². The molecule has 0 aromatic carbocycles. The number of nitrogens with zero attached hydrogens (tertiary/aromatic N) is 2. The van der Waals surface area contributed by atoms with Crippen LogP contribution in [0, 0.1) is 0 Å². The van der Waals surface area contributed by atoms with Crippen LogP contribution in [-0.2, 0) is 6.54 Å². The molecule has 1 unspecified atom stereocenters. The number of aliphatic hydroxyl groups is 1. The summed E-state index contributed by atoms with van der Waals surface area (Å²) < 4.78 is 0. The Bertz CT molecular complexity index is 417. The number of aliphatic hydroxyl groups excluding tert-OH is 1. The van der Waals surface area contributed by atoms with Crippen molar-refractivity contribution in [2.24, 2.45) is 5.73 Å². The zero-order valence-electron chi connectivity index (χ0n) is 11.1. The lowest BCUT2D eigenvalue weighted by Crippen LogP contribution is -2.44. The molecule has 0 spiro atoms. The van der Waals surface area contributed by atoms with Crippen molar-refractivity contribution in [2.45, 2.75) is 38.3 Å². The van der Waals surface area contributed by atoms with Crippen molar-refractivity contribution < 1.29 is 9.90 Å². The first kappa shape index (κ1) is 14.0. The summed E-state index contributed by atoms with van der Waals surface area (Å²) in [5, 5.41) is 9.09. The lowest BCUT2D eigenvalue weighted by molar-refractivity contribution is 0.0568. The molecular weight excluding hydrogens is 242 g/mol. The van der Waals surface area contributed by atoms with E-state index in [2.05, 4.69) is 4.98 Å². The highest BCUT2D eigenvalue weighted by atomic mass is 16.3. The summed E-state index contributed by atoms with van der Waals surface area (Å²) in [5.74, 6) is -0.0401. The summed E-state index contributed by atoms with van der Waals surface area (Å²) in [6.45, 7) is 1.30. The highest BCUT2D eigenvalue weighted by Gasteiger charge is 2.27. The maximum Gasteiger partial charge on any atom is 0.272 e. The molecule has 104 valence electrons. The van der Waals surface area contributed by atoms with E-state index in [9.17, 15) is 4.79 Å². The zero-order chi connectivity index (χ0) is 13.7. The van der Waals surface area contributed by atoms with Crippen LogP contribution in [0.2, 0.25) is 0 Å². The van der Waals surface area contributed by atoms with Gasteiger partial charge in [0, 0.05) is 31.9 Å². The van der Waals surface area contributed by atoms with Gasteiger partial charge in [-0.3, -0.25) is 9.78 Å². The number of rotatable bonds is 4. The van der Waals surface area contributed by atoms with Gasteiger partial charge >= 0.3 is 0 Å². The van der Waals surface area contributed by atoms with Gasteiger partial charge in [0.05, 0.1) is 0 Å². The maximum atomic E-state index is 12.4. The topological polar surface area (TPSA) is 79.5 Å². The van der Waals surface area contributed by atoms with Crippen molar-refractivity contribution in [1.82, 2.24) is 9.88 Å². The summed E-state index contributed by atoms with van der Waals surface area (Å²) in [6, 6.07) is 3.71. The molecule has 1 aliphatic rings. The zero-order valence-corrected chi connectivity index (χ0v) is 11.1. The monoisotopic (exact) mass is 263 g/mol. The Morgan fingerprint density at radius 1 is 1.47 bits per heavy atom. The lowest BCUT2D eigenvalue weighted by atomic mass is 9.99. The Morgan fingerprint density at radius 2 is 2.32 bits per heavy atom. The minimum absolute atomic E-state index is 0.0401. The average Bonchev–Trinajstić information content (AvgIpc) is 2.47. The third-order valence-corrected chi connectivity index (χ3v) is 3.63. The van der Waals surface area contributed by atoms with E-state index in [0.29, 0.717) is 18.7 Å². The first-order valence-electron chi connectivity index (χ1n) is 6.83. The number of carbonyl (C=O) groups is 1. The fourth-order valence-electron chi connectivity index (χ4n) is 2.54. The Hall–Kier alpha value is -1.46. The molecule has 1 aliphatic heterocycles. The predicted octanol–water partition coefficient (Wildman–Crippen LogP) is 0.917. The first-order chi connectivity index (χ1) is 9.26. The summed E-state index contributed by atoms with van der Waals surface area (Å²) in [4.78, 5) is 18.5. The van der Waals surface area contributed by atoms with E-state index < -0.39 is 0 Å². The van der Waals surface area contributed by atoms with Gasteiger partial charge in [-0.1, -0.05) is 6.07 Å². The molecule has 1 fully saturated rings. The molecule has 1 aromatic heterocycles. The second-order valence-corrected chi connectivity index (χ2v) is 4.92. The highest BCUT2D eigenvalue weighted by molar-refractivity contribution is 5.92. The molecule has 3 N–H and O–H groups in total. The smallest absolute Gasteiger partial charge is 0.272 e. The summed E-state index contributed by atoms with van der Waals surface area (Å²) >= 11 is 0. The molecule has 0 aliphatic carbocycles. The third kappa shape index (κ3) is 3.30. The molecule has 1 aromatic rings. The number of hydrogen-bond donors (Lipinski definition) is 2. The highest BCUT2D eigenvalue weighted by Crippen LogP contribution is 2.21. The molecule has 0 bridgehead atoms. The molecule has 0 radical (unpaired) electrons. The van der Waals surface area contributed by atoms with Gasteiger partial charge in [-0.2, -0.15) is 0 Å². The fourth-order valence-corrected chi connectivity index (χ4v) is 2.54. The van der Waals surface area contributed by atoms with E-state index in [-0.39, 0.29) is 18.6 Å². The van der Waals surface area contributed by atoms with Gasteiger partial charge in [0.1, 0.15) is 5.69 Å². The van der Waals surface area contributed by atoms with Gasteiger partial charge in [-0.15, -0.1) is 0 Å². The second-order valence-electron chi connectivity index (χ2n) is 4.92. The number of hydrogen-bond acceptors (Lipinski definition) is 4. The molecule has 5 nitrogen and oxygen atoms in total. The van der Waals surface area contributed by atoms with Crippen molar-refractivity contribution >= 4 is 5.91 Å². The van der Waals surface area contributed by atoms with Crippen LogP contribution in [0.1, 0.15) is 41.7 Å². The van der Waals surface area contributed by atoms with Crippen molar-refractivity contribution in [1.29, 1.82) is 0 Å². The Kier molecular flexibility index (Phi) is 4.87. The van der Waals surface area contributed by atoms with Gasteiger partial charge in [0.15, 0.2) is 0 Å². The minimum Gasteiger partial charge on any atom is -0.396 e. The van der Waals surface area contributed by atoms with Crippen LogP contribution in [0.15, 0.2) is 18.3 Å². The van der Waals surface area contributed by atoms with Crippen molar-refractivity contribution in [3.8, 4) is 0 Å². The average molecular weight is 263 g/mol. The Morgan fingerprint density at radius 3 is 2.95 bits per heavy atom. The number of aromatic nitrogens is 1. The fraction of sp³-hybridized carbons (Fsp3) is 0.571. The number of amides is 1. The normalized spacial score (nSPS) is 19.5. The molecule has 5 heteroatoms. The number of carbonyl (C=O) groups excluding carboxylic acids is 1. The van der Waals surface area contributed by atoms with E-state index in [1.165, 1.54) is 0 Å². The number of pyridine rings is 1. The van der Waals surface area contributed by atoms with Crippen LogP contribution in [-0.4, -0.2) is 40.1 Å². The molecule has 2 rings (SSSR count). The van der Waals surface area contributed by atoms with E-state index in [1.54, 1.807) is 12.3 Å². The molecule has 2 heterocycles. The van der Waals surface area contributed by atoms with E-state index in [0.717, 1.165) is 31.4 Å². The quantitative estimate of drug-likeness (QED) is 0.846. The maximum absolute atomic E-state index is 12.4. The van der Waals surface area contributed by atoms with Gasteiger partial charge in [0.2, 0.25) is 0 Å². The predicted molar refractivity (Wildman–Crippen MR) is 72.5 cm³/mol. The molecule has 19 heavy (non-hydrogen) atoms. The SMILES string of the molecule is NCc1ccc(C(=O)N2CCCCC2CCO)nc1. The van der Waals surface area contributed by atoms with Crippen molar-refractivity contribution in [3.63, 3.8) is 0 Å². The molecule has 1 atom stereocenters. The lowest BCUT2D eigenvalue weighted by Gasteiger charge is -2.35. The Balaban J connectivity index is 2.11. The molecular formula is C14H21N3O2. The van der Waals surface area contributed by atoms with Gasteiger partial charge in [-0.25, -0.2) is 0 Å². The van der Waals surface area contributed by atoms with Crippen molar-refractivity contribution in [2.75, 3.05) is 13.2 Å². The van der Waals surface area contributed by atoms with E-state index >= 15 is 0 Å². The summed E-state index contributed by atoms with van der Waals surface area (Å²) in [7, 11) is 0. The van der Waals surface area contributed by atoms with Gasteiger partial charge in [0.25, 0.3) is 5.91 Å². The molecule has 1 saturated heterocycles. The largest absolute Gasteiger partial charge is 0.396 e. The summed E-state index contributed by atoms with van der Waals surface area (Å²) in [5.41, 5.74) is 6.90. The van der Waals surface area contributed by atoms with E-state index in [1.807, 2.05) is 11.0 Å². The standard InChI is InChI=1S/C14H21N3O2/c15-9-11-4-5-13(16-10-11)14(19)17-7-2-1-3-12(17)6-8-18/h4-5,10,12,18H,1-3,6-9,15H2. The molecule has 0 saturated carbocycles. The van der Waals surface area contributed by atoms with Gasteiger partial charge < -0.3 is 15.7 Å². The minimum atomic E-state index is -0.0401. The van der Waals surface area contributed by atoms with Crippen LogP contribution in [0.4, 0.5) is 0 Å². The van der Waals surface area contributed by atoms with Crippen LogP contribution >= 0.6 is 0 Å². The van der Waals surface area contributed by atoms with Crippen LogP contribution in [0.5, 0.6) is 0 Å². The second kappa shape index (κ2) is 6.63.